The van der Waals surface area contributed by atoms with Crippen molar-refractivity contribution in [1.29, 1.82) is 0 Å². The fourth-order valence-corrected chi connectivity index (χ4v) is 3.03. The molecule has 0 amide bonds. The molecular formula is C15H25ClN4O. The molecule has 0 atom stereocenters. The standard InChI is InChI=1S/C15H25ClN4O/c1-11(2)20-15(21)14(16)13(10-18-20)17-8-9-19(3)12-6-4-5-7-12/h10-12,17H,4-9H2,1-3H3. The van der Waals surface area contributed by atoms with Crippen molar-refractivity contribution in [3.8, 4) is 0 Å². The Bertz CT molecular complexity index is 523. The Hall–Kier alpha value is -1.07. The van der Waals surface area contributed by atoms with Gasteiger partial charge in [0, 0.05) is 19.1 Å². The van der Waals surface area contributed by atoms with Crippen molar-refractivity contribution in [3.63, 3.8) is 0 Å². The van der Waals surface area contributed by atoms with Gasteiger partial charge >= 0.3 is 0 Å². The Kier molecular flexibility index (Phi) is 5.65. The Morgan fingerprint density at radius 3 is 2.76 bits per heavy atom. The molecule has 0 aromatic carbocycles. The summed E-state index contributed by atoms with van der Waals surface area (Å²) >= 11 is 6.14. The molecule has 1 N–H and O–H groups in total. The van der Waals surface area contributed by atoms with Crippen molar-refractivity contribution in [2.24, 2.45) is 0 Å². The van der Waals surface area contributed by atoms with Crippen LogP contribution < -0.4 is 10.9 Å². The van der Waals surface area contributed by atoms with Crippen LogP contribution in [0.2, 0.25) is 5.02 Å². The molecule has 0 saturated heterocycles. The maximum absolute atomic E-state index is 12.1. The molecule has 1 aliphatic carbocycles. The molecule has 2 rings (SSSR count). The smallest absolute Gasteiger partial charge is 0.287 e. The molecule has 1 aliphatic rings. The highest BCUT2D eigenvalue weighted by molar-refractivity contribution is 6.32. The summed E-state index contributed by atoms with van der Waals surface area (Å²) in [4.78, 5) is 14.4. The van der Waals surface area contributed by atoms with Crippen LogP contribution in [0.25, 0.3) is 0 Å². The predicted molar refractivity (Wildman–Crippen MR) is 87.3 cm³/mol. The number of hydrogen-bond acceptors (Lipinski definition) is 4. The number of halogens is 1. The zero-order valence-corrected chi connectivity index (χ0v) is 13.9. The van der Waals surface area contributed by atoms with Crippen LogP contribution in [0.3, 0.4) is 0 Å². The monoisotopic (exact) mass is 312 g/mol. The van der Waals surface area contributed by atoms with Gasteiger partial charge in [-0.15, -0.1) is 0 Å². The van der Waals surface area contributed by atoms with Crippen molar-refractivity contribution < 1.29 is 0 Å². The second-order valence-corrected chi connectivity index (χ2v) is 6.44. The first-order valence-corrected chi connectivity index (χ1v) is 8.10. The molecule has 1 fully saturated rings. The van der Waals surface area contributed by atoms with Crippen molar-refractivity contribution in [2.75, 3.05) is 25.5 Å². The Morgan fingerprint density at radius 1 is 1.48 bits per heavy atom. The summed E-state index contributed by atoms with van der Waals surface area (Å²) < 4.78 is 1.40. The minimum Gasteiger partial charge on any atom is -0.381 e. The van der Waals surface area contributed by atoms with Crippen molar-refractivity contribution in [2.45, 2.75) is 51.6 Å². The van der Waals surface area contributed by atoms with E-state index < -0.39 is 0 Å². The quantitative estimate of drug-likeness (QED) is 0.877. The molecule has 1 aromatic rings. The Morgan fingerprint density at radius 2 is 2.14 bits per heavy atom. The summed E-state index contributed by atoms with van der Waals surface area (Å²) in [6.45, 7) is 5.52. The zero-order chi connectivity index (χ0) is 15.4. The van der Waals surface area contributed by atoms with Gasteiger partial charge < -0.3 is 10.2 Å². The highest BCUT2D eigenvalue weighted by atomic mass is 35.5. The maximum atomic E-state index is 12.1. The predicted octanol–water partition coefficient (Wildman–Crippen LogP) is 2.76. The molecule has 0 aliphatic heterocycles. The summed E-state index contributed by atoms with van der Waals surface area (Å²) in [5.74, 6) is 0. The van der Waals surface area contributed by atoms with Crippen LogP contribution in [-0.2, 0) is 0 Å². The van der Waals surface area contributed by atoms with Gasteiger partial charge in [-0.2, -0.15) is 5.10 Å². The lowest BCUT2D eigenvalue weighted by molar-refractivity contribution is 0.254. The van der Waals surface area contributed by atoms with Gasteiger partial charge in [0.25, 0.3) is 5.56 Å². The number of anilines is 1. The summed E-state index contributed by atoms with van der Waals surface area (Å²) in [7, 11) is 2.16. The third-order valence-corrected chi connectivity index (χ3v) is 4.53. The summed E-state index contributed by atoms with van der Waals surface area (Å²) in [5.41, 5.74) is 0.388. The van der Waals surface area contributed by atoms with Crippen molar-refractivity contribution in [1.82, 2.24) is 14.7 Å². The average Bonchev–Trinajstić information content (AvgIpc) is 2.97. The molecule has 1 aromatic heterocycles. The number of nitrogens with one attached hydrogen (secondary N) is 1. The molecular weight excluding hydrogens is 288 g/mol. The van der Waals surface area contributed by atoms with Crippen LogP contribution in [0.4, 0.5) is 5.69 Å². The molecule has 0 radical (unpaired) electrons. The topological polar surface area (TPSA) is 50.2 Å². The molecule has 118 valence electrons. The van der Waals surface area contributed by atoms with E-state index >= 15 is 0 Å². The second-order valence-electron chi connectivity index (χ2n) is 6.06. The van der Waals surface area contributed by atoms with E-state index in [1.807, 2.05) is 13.8 Å². The molecule has 0 unspecified atom stereocenters. The SMILES string of the molecule is CC(C)n1ncc(NCCN(C)C2CCCC2)c(Cl)c1=O. The van der Waals surface area contributed by atoms with Gasteiger partial charge in [0.2, 0.25) is 0 Å². The zero-order valence-electron chi connectivity index (χ0n) is 13.1. The number of rotatable bonds is 6. The lowest BCUT2D eigenvalue weighted by atomic mass is 10.2. The average molecular weight is 313 g/mol. The fraction of sp³-hybridized carbons (Fsp3) is 0.733. The lowest BCUT2D eigenvalue weighted by Gasteiger charge is -2.24. The normalized spacial score (nSPS) is 16.1. The summed E-state index contributed by atoms with van der Waals surface area (Å²) in [6, 6.07) is 0.715. The van der Waals surface area contributed by atoms with Gasteiger partial charge in [0.15, 0.2) is 0 Å². The third-order valence-electron chi connectivity index (χ3n) is 4.16. The van der Waals surface area contributed by atoms with E-state index in [0.29, 0.717) is 11.7 Å². The van der Waals surface area contributed by atoms with E-state index in [9.17, 15) is 4.79 Å². The largest absolute Gasteiger partial charge is 0.381 e. The van der Waals surface area contributed by atoms with Crippen molar-refractivity contribution >= 4 is 17.3 Å². The minimum absolute atomic E-state index is 0.0116. The first-order chi connectivity index (χ1) is 10.0. The lowest BCUT2D eigenvalue weighted by Crippen LogP contribution is -2.33. The maximum Gasteiger partial charge on any atom is 0.287 e. The molecule has 5 nitrogen and oxygen atoms in total. The molecule has 0 spiro atoms. The number of likely N-dealkylation sites (N-methyl/N-ethyl adjacent to an activating group) is 1. The van der Waals surface area contributed by atoms with Crippen LogP contribution in [0, 0.1) is 0 Å². The highest BCUT2D eigenvalue weighted by Gasteiger charge is 2.19. The fourth-order valence-electron chi connectivity index (χ4n) is 2.83. The molecule has 1 heterocycles. The third kappa shape index (κ3) is 3.98. The molecule has 1 saturated carbocycles. The van der Waals surface area contributed by atoms with Crippen LogP contribution in [0.5, 0.6) is 0 Å². The van der Waals surface area contributed by atoms with Gasteiger partial charge in [0.05, 0.1) is 17.9 Å². The van der Waals surface area contributed by atoms with E-state index in [1.54, 1.807) is 6.20 Å². The van der Waals surface area contributed by atoms with E-state index in [4.69, 9.17) is 11.6 Å². The summed E-state index contributed by atoms with van der Waals surface area (Å²) in [5, 5.41) is 7.61. The number of nitrogens with zero attached hydrogens (tertiary/aromatic N) is 3. The highest BCUT2D eigenvalue weighted by Crippen LogP contribution is 2.22. The first kappa shape index (κ1) is 16.3. The van der Waals surface area contributed by atoms with Crippen LogP contribution in [-0.4, -0.2) is 40.9 Å². The van der Waals surface area contributed by atoms with Crippen molar-refractivity contribution in [3.05, 3.63) is 21.6 Å². The molecule has 6 heteroatoms. The van der Waals surface area contributed by atoms with Gasteiger partial charge in [0.1, 0.15) is 5.02 Å². The van der Waals surface area contributed by atoms with E-state index in [1.165, 1.54) is 30.4 Å². The van der Waals surface area contributed by atoms with Gasteiger partial charge in [-0.05, 0) is 33.7 Å². The van der Waals surface area contributed by atoms with Crippen LogP contribution in [0.1, 0.15) is 45.6 Å². The van der Waals surface area contributed by atoms with Crippen LogP contribution >= 0.6 is 11.6 Å². The van der Waals surface area contributed by atoms with E-state index in [2.05, 4.69) is 22.4 Å². The Balaban J connectivity index is 1.91. The Labute approximate surface area is 131 Å². The van der Waals surface area contributed by atoms with E-state index in [-0.39, 0.29) is 16.6 Å². The van der Waals surface area contributed by atoms with Gasteiger partial charge in [-0.1, -0.05) is 24.4 Å². The minimum atomic E-state index is -0.235. The number of hydrogen-bond donors (Lipinski definition) is 1. The number of aromatic nitrogens is 2. The van der Waals surface area contributed by atoms with Gasteiger partial charge in [-0.3, -0.25) is 4.79 Å². The first-order valence-electron chi connectivity index (χ1n) is 7.72. The van der Waals surface area contributed by atoms with Crippen LogP contribution in [0.15, 0.2) is 11.0 Å². The molecule has 0 bridgehead atoms. The second kappa shape index (κ2) is 7.27. The van der Waals surface area contributed by atoms with E-state index in [0.717, 1.165) is 13.1 Å². The van der Waals surface area contributed by atoms with Gasteiger partial charge in [-0.25, -0.2) is 4.68 Å². The molecule has 21 heavy (non-hydrogen) atoms. The summed E-state index contributed by atoms with van der Waals surface area (Å²) in [6.07, 6.45) is 6.91.